The van der Waals surface area contributed by atoms with Gasteiger partial charge in [0.1, 0.15) is 11.6 Å². The molecule has 112 valence electrons. The first-order valence-corrected chi connectivity index (χ1v) is 7.51. The largest absolute Gasteiger partial charge is 0.338 e. The molecule has 0 spiro atoms. The van der Waals surface area contributed by atoms with Crippen LogP contribution in [0.4, 0.5) is 4.39 Å². The summed E-state index contributed by atoms with van der Waals surface area (Å²) in [6, 6.07) is 8.56. The third kappa shape index (κ3) is 2.88. The van der Waals surface area contributed by atoms with E-state index in [0.717, 1.165) is 29.8 Å². The summed E-state index contributed by atoms with van der Waals surface area (Å²) in [7, 11) is 0. The molecule has 22 heavy (non-hydrogen) atoms. The summed E-state index contributed by atoms with van der Waals surface area (Å²) in [5.41, 5.74) is 3.03. The van der Waals surface area contributed by atoms with Crippen LogP contribution in [0, 0.1) is 5.82 Å². The summed E-state index contributed by atoms with van der Waals surface area (Å²) < 4.78 is 13.9. The number of aromatic nitrogens is 3. The van der Waals surface area contributed by atoms with Gasteiger partial charge in [0, 0.05) is 17.5 Å². The molecule has 0 atom stereocenters. The molecule has 0 aliphatic rings. The van der Waals surface area contributed by atoms with Gasteiger partial charge < -0.3 is 4.98 Å². The zero-order chi connectivity index (χ0) is 15.5. The van der Waals surface area contributed by atoms with Gasteiger partial charge in [-0.15, -0.1) is 0 Å². The Labute approximate surface area is 133 Å². The molecule has 0 amide bonds. The van der Waals surface area contributed by atoms with Crippen molar-refractivity contribution in [3.05, 3.63) is 59.3 Å². The van der Waals surface area contributed by atoms with Gasteiger partial charge in [-0.05, 0) is 30.7 Å². The molecular formula is C17H15ClFN3. The maximum absolute atomic E-state index is 13.9. The van der Waals surface area contributed by atoms with Crippen LogP contribution in [0.3, 0.4) is 0 Å². The zero-order valence-electron chi connectivity index (χ0n) is 12.1. The van der Waals surface area contributed by atoms with Gasteiger partial charge in [0.2, 0.25) is 0 Å². The average molecular weight is 316 g/mol. The molecule has 0 saturated heterocycles. The maximum Gasteiger partial charge on any atom is 0.142 e. The van der Waals surface area contributed by atoms with Crippen molar-refractivity contribution in [2.45, 2.75) is 19.8 Å². The summed E-state index contributed by atoms with van der Waals surface area (Å²) in [4.78, 5) is 11.8. The summed E-state index contributed by atoms with van der Waals surface area (Å²) in [5, 5.41) is 0.331. The molecule has 2 heterocycles. The highest BCUT2D eigenvalue weighted by molar-refractivity contribution is 6.33. The van der Waals surface area contributed by atoms with Gasteiger partial charge in [-0.2, -0.15) is 0 Å². The number of imidazole rings is 1. The molecule has 2 aromatic heterocycles. The topological polar surface area (TPSA) is 41.6 Å². The van der Waals surface area contributed by atoms with Crippen LogP contribution < -0.4 is 0 Å². The summed E-state index contributed by atoms with van der Waals surface area (Å²) in [5.74, 6) is 0.0144. The molecule has 3 aromatic rings. The fourth-order valence-corrected chi connectivity index (χ4v) is 2.56. The van der Waals surface area contributed by atoms with Crippen LogP contribution in [-0.4, -0.2) is 15.0 Å². The number of halogens is 2. The highest BCUT2D eigenvalue weighted by Gasteiger charge is 2.13. The lowest BCUT2D eigenvalue weighted by Crippen LogP contribution is -1.90. The maximum atomic E-state index is 13.9. The molecule has 1 aromatic carbocycles. The summed E-state index contributed by atoms with van der Waals surface area (Å²) >= 11 is 6.06. The van der Waals surface area contributed by atoms with E-state index in [1.54, 1.807) is 24.5 Å². The minimum absolute atomic E-state index is 0.283. The second-order valence-corrected chi connectivity index (χ2v) is 5.44. The number of rotatable bonds is 4. The number of aromatic amines is 1. The summed E-state index contributed by atoms with van der Waals surface area (Å²) in [6.07, 6.45) is 5.48. The Kier molecular flexibility index (Phi) is 4.20. The Morgan fingerprint density at radius 1 is 1.14 bits per heavy atom. The smallest absolute Gasteiger partial charge is 0.142 e. The van der Waals surface area contributed by atoms with Crippen LogP contribution in [0.25, 0.3) is 22.6 Å². The Bertz CT molecular complexity index is 761. The van der Waals surface area contributed by atoms with Crippen molar-refractivity contribution in [2.75, 3.05) is 0 Å². The molecule has 0 fully saturated rings. The van der Waals surface area contributed by atoms with Crippen molar-refractivity contribution >= 4 is 11.6 Å². The van der Waals surface area contributed by atoms with Gasteiger partial charge in [0.05, 0.1) is 22.5 Å². The van der Waals surface area contributed by atoms with E-state index >= 15 is 0 Å². The average Bonchev–Trinajstić information content (AvgIpc) is 2.98. The highest BCUT2D eigenvalue weighted by atomic mass is 35.5. The minimum atomic E-state index is -0.398. The number of H-pyrrole nitrogens is 1. The molecule has 5 heteroatoms. The van der Waals surface area contributed by atoms with Crippen LogP contribution in [-0.2, 0) is 6.42 Å². The first-order chi connectivity index (χ1) is 10.7. The fourth-order valence-electron chi connectivity index (χ4n) is 2.31. The van der Waals surface area contributed by atoms with E-state index < -0.39 is 5.82 Å². The van der Waals surface area contributed by atoms with Gasteiger partial charge in [0.15, 0.2) is 0 Å². The number of nitrogens with one attached hydrogen (secondary N) is 1. The fraction of sp³-hybridized carbons (Fsp3) is 0.176. The zero-order valence-corrected chi connectivity index (χ0v) is 12.9. The van der Waals surface area contributed by atoms with Gasteiger partial charge in [0.25, 0.3) is 0 Å². The van der Waals surface area contributed by atoms with Crippen LogP contribution in [0.1, 0.15) is 19.0 Å². The molecule has 0 unspecified atom stereocenters. The number of aryl methyl sites for hydroxylation is 1. The molecule has 3 rings (SSSR count). The van der Waals surface area contributed by atoms with Crippen molar-refractivity contribution < 1.29 is 4.39 Å². The lowest BCUT2D eigenvalue weighted by atomic mass is 10.1. The van der Waals surface area contributed by atoms with E-state index in [4.69, 9.17) is 11.6 Å². The summed E-state index contributed by atoms with van der Waals surface area (Å²) in [6.45, 7) is 2.12. The van der Waals surface area contributed by atoms with Gasteiger partial charge in [-0.25, -0.2) is 9.37 Å². The SMILES string of the molecule is CCCc1ccc(-c2cnc(-c3c(F)cccc3Cl)[nH]2)cn1. The van der Waals surface area contributed by atoms with Crippen LogP contribution in [0.2, 0.25) is 5.02 Å². The van der Waals surface area contributed by atoms with Crippen LogP contribution in [0.5, 0.6) is 0 Å². The number of pyridine rings is 1. The molecule has 0 bridgehead atoms. The van der Waals surface area contributed by atoms with Gasteiger partial charge >= 0.3 is 0 Å². The normalized spacial score (nSPS) is 10.9. The van der Waals surface area contributed by atoms with Crippen LogP contribution in [0.15, 0.2) is 42.7 Å². The van der Waals surface area contributed by atoms with E-state index in [1.165, 1.54) is 6.07 Å². The molecular weight excluding hydrogens is 301 g/mol. The third-order valence-corrected chi connectivity index (χ3v) is 3.73. The predicted molar refractivity (Wildman–Crippen MR) is 86.2 cm³/mol. The number of nitrogens with zero attached hydrogens (tertiary/aromatic N) is 2. The Balaban J connectivity index is 1.94. The molecule has 3 nitrogen and oxygen atoms in total. The Morgan fingerprint density at radius 2 is 2.00 bits per heavy atom. The first-order valence-electron chi connectivity index (χ1n) is 7.13. The molecule has 0 aliphatic carbocycles. The van der Waals surface area contributed by atoms with Gasteiger partial charge in [-0.3, -0.25) is 4.98 Å². The van der Waals surface area contributed by atoms with Crippen molar-refractivity contribution in [3.63, 3.8) is 0 Å². The molecule has 1 N–H and O–H groups in total. The quantitative estimate of drug-likeness (QED) is 0.745. The van der Waals surface area contributed by atoms with E-state index in [2.05, 4.69) is 21.9 Å². The van der Waals surface area contributed by atoms with Gasteiger partial charge in [-0.1, -0.05) is 31.0 Å². The lowest BCUT2D eigenvalue weighted by Gasteiger charge is -2.03. The van der Waals surface area contributed by atoms with Crippen molar-refractivity contribution in [3.8, 4) is 22.6 Å². The molecule has 0 saturated carbocycles. The Hall–Kier alpha value is -2.20. The van der Waals surface area contributed by atoms with E-state index in [9.17, 15) is 4.39 Å². The minimum Gasteiger partial charge on any atom is -0.338 e. The monoisotopic (exact) mass is 315 g/mol. The van der Waals surface area contributed by atoms with Crippen molar-refractivity contribution in [1.29, 1.82) is 0 Å². The second kappa shape index (κ2) is 6.28. The highest BCUT2D eigenvalue weighted by Crippen LogP contribution is 2.29. The van der Waals surface area contributed by atoms with E-state index in [-0.39, 0.29) is 5.56 Å². The second-order valence-electron chi connectivity index (χ2n) is 5.03. The number of hydrogen-bond donors (Lipinski definition) is 1. The lowest BCUT2D eigenvalue weighted by molar-refractivity contribution is 0.630. The molecule has 0 aliphatic heterocycles. The van der Waals surface area contributed by atoms with E-state index in [0.29, 0.717) is 10.8 Å². The molecule has 0 radical (unpaired) electrons. The number of benzene rings is 1. The van der Waals surface area contributed by atoms with E-state index in [1.807, 2.05) is 12.1 Å². The third-order valence-electron chi connectivity index (χ3n) is 3.42. The number of hydrogen-bond acceptors (Lipinski definition) is 2. The van der Waals surface area contributed by atoms with Crippen molar-refractivity contribution in [2.24, 2.45) is 0 Å². The van der Waals surface area contributed by atoms with Crippen molar-refractivity contribution in [1.82, 2.24) is 15.0 Å². The standard InChI is InChI=1S/C17H15ClFN3/c1-2-4-12-8-7-11(9-20-12)15-10-21-17(22-15)16-13(18)5-3-6-14(16)19/h3,5-10H,2,4H2,1H3,(H,21,22). The Morgan fingerprint density at radius 3 is 2.68 bits per heavy atom. The first kappa shape index (κ1) is 14.7. The van der Waals surface area contributed by atoms with Crippen LogP contribution >= 0.6 is 11.6 Å². The predicted octanol–water partition coefficient (Wildman–Crippen LogP) is 4.88.